The van der Waals surface area contributed by atoms with E-state index in [4.69, 9.17) is 4.74 Å². The van der Waals surface area contributed by atoms with E-state index in [0.29, 0.717) is 12.6 Å². The molecule has 0 bridgehead atoms. The van der Waals surface area contributed by atoms with Crippen molar-refractivity contribution in [1.82, 2.24) is 5.32 Å². The minimum Gasteiger partial charge on any atom is -0.364 e. The van der Waals surface area contributed by atoms with Crippen molar-refractivity contribution in [1.29, 1.82) is 0 Å². The number of rotatable bonds is 3. The Morgan fingerprint density at radius 3 is 2.41 bits per heavy atom. The highest BCUT2D eigenvalue weighted by Gasteiger charge is 2.28. The van der Waals surface area contributed by atoms with Crippen molar-refractivity contribution in [3.8, 4) is 0 Å². The Kier molecular flexibility index (Phi) is 4.40. The first-order valence-electron chi connectivity index (χ1n) is 6.92. The molecule has 2 fully saturated rings. The van der Waals surface area contributed by atoms with Crippen LogP contribution in [0.2, 0.25) is 0 Å². The molecule has 4 heteroatoms. The van der Waals surface area contributed by atoms with Crippen LogP contribution < -0.4 is 10.2 Å². The summed E-state index contributed by atoms with van der Waals surface area (Å²) in [7, 11) is 0. The fourth-order valence-electron chi connectivity index (χ4n) is 3.11. The molecular weight excluding hydrogens is 216 g/mol. The van der Waals surface area contributed by atoms with Crippen LogP contribution in [0.25, 0.3) is 0 Å². The summed E-state index contributed by atoms with van der Waals surface area (Å²) in [4.78, 5) is 13.3. The number of quaternary nitrogens is 1. The second kappa shape index (κ2) is 5.83. The summed E-state index contributed by atoms with van der Waals surface area (Å²) in [5, 5.41) is 3.16. The molecule has 2 atom stereocenters. The van der Waals surface area contributed by atoms with E-state index in [9.17, 15) is 4.79 Å². The number of hydrogen-bond acceptors (Lipinski definition) is 2. The first-order valence-corrected chi connectivity index (χ1v) is 6.92. The van der Waals surface area contributed by atoms with Crippen LogP contribution in [0.5, 0.6) is 0 Å². The van der Waals surface area contributed by atoms with Gasteiger partial charge in [0.25, 0.3) is 5.91 Å². The van der Waals surface area contributed by atoms with Crippen LogP contribution in [0.3, 0.4) is 0 Å². The lowest BCUT2D eigenvalue weighted by Gasteiger charge is -2.32. The molecule has 0 aromatic heterocycles. The fraction of sp³-hybridized carbons (Fsp3) is 0.923. The van der Waals surface area contributed by atoms with Crippen molar-refractivity contribution in [3.05, 3.63) is 0 Å². The van der Waals surface area contributed by atoms with E-state index in [1.807, 2.05) is 0 Å². The normalized spacial score (nSPS) is 34.8. The lowest BCUT2D eigenvalue weighted by atomic mass is 10.2. The van der Waals surface area contributed by atoms with Gasteiger partial charge in [-0.05, 0) is 26.7 Å². The second-order valence-corrected chi connectivity index (χ2v) is 5.64. The van der Waals surface area contributed by atoms with Gasteiger partial charge in [0.1, 0.15) is 25.3 Å². The third-order valence-corrected chi connectivity index (χ3v) is 3.75. The summed E-state index contributed by atoms with van der Waals surface area (Å²) in [6.45, 7) is 6.68. The van der Waals surface area contributed by atoms with Gasteiger partial charge in [-0.1, -0.05) is 12.8 Å². The zero-order valence-electron chi connectivity index (χ0n) is 11.0. The van der Waals surface area contributed by atoms with E-state index in [-0.39, 0.29) is 18.1 Å². The minimum atomic E-state index is 0.216. The van der Waals surface area contributed by atoms with Crippen LogP contribution in [0.15, 0.2) is 0 Å². The molecule has 2 N–H and O–H groups in total. The molecule has 0 aromatic rings. The molecule has 1 heterocycles. The van der Waals surface area contributed by atoms with Crippen LogP contribution in [0.4, 0.5) is 0 Å². The predicted octanol–water partition coefficient (Wildman–Crippen LogP) is -0.263. The molecule has 0 aromatic carbocycles. The molecule has 1 aliphatic heterocycles. The van der Waals surface area contributed by atoms with Gasteiger partial charge in [-0.3, -0.25) is 4.79 Å². The Labute approximate surface area is 104 Å². The first kappa shape index (κ1) is 12.8. The number of morpholine rings is 1. The standard InChI is InChI=1S/C13H24N2O2/c1-10-7-15(8-11(2)17-10)9-13(16)14-12-5-3-4-6-12/h10-12H,3-9H2,1-2H3,(H,14,16)/p+1/t10-,11-/m1/s1. The van der Waals surface area contributed by atoms with Crippen molar-refractivity contribution in [2.24, 2.45) is 0 Å². The van der Waals surface area contributed by atoms with Crippen LogP contribution in [-0.2, 0) is 9.53 Å². The van der Waals surface area contributed by atoms with E-state index in [1.165, 1.54) is 17.7 Å². The van der Waals surface area contributed by atoms with Crippen LogP contribution in [0.1, 0.15) is 39.5 Å². The Morgan fingerprint density at radius 1 is 1.24 bits per heavy atom. The maximum atomic E-state index is 11.9. The molecule has 0 unspecified atom stereocenters. The first-order chi connectivity index (χ1) is 8.13. The van der Waals surface area contributed by atoms with Crippen LogP contribution >= 0.6 is 0 Å². The smallest absolute Gasteiger partial charge is 0.275 e. The van der Waals surface area contributed by atoms with E-state index >= 15 is 0 Å². The van der Waals surface area contributed by atoms with Crippen molar-refractivity contribution < 1.29 is 14.4 Å². The third-order valence-electron chi connectivity index (χ3n) is 3.75. The summed E-state index contributed by atoms with van der Waals surface area (Å²) in [6.07, 6.45) is 5.40. The van der Waals surface area contributed by atoms with Crippen molar-refractivity contribution >= 4 is 5.91 Å². The highest BCUT2D eigenvalue weighted by molar-refractivity contribution is 5.77. The summed E-state index contributed by atoms with van der Waals surface area (Å²) in [5.74, 6) is 0.216. The van der Waals surface area contributed by atoms with Crippen LogP contribution in [0, 0.1) is 0 Å². The molecule has 17 heavy (non-hydrogen) atoms. The van der Waals surface area contributed by atoms with Gasteiger partial charge >= 0.3 is 0 Å². The van der Waals surface area contributed by atoms with Crippen LogP contribution in [-0.4, -0.2) is 43.8 Å². The van der Waals surface area contributed by atoms with Gasteiger partial charge in [0.05, 0.1) is 0 Å². The fourth-order valence-corrected chi connectivity index (χ4v) is 3.11. The Hall–Kier alpha value is -0.610. The number of carbonyl (C=O) groups is 1. The second-order valence-electron chi connectivity index (χ2n) is 5.64. The van der Waals surface area contributed by atoms with Gasteiger partial charge in [0.2, 0.25) is 0 Å². The molecular formula is C13H25N2O2+. The topological polar surface area (TPSA) is 42.8 Å². The molecule has 0 spiro atoms. The number of amides is 1. The molecule has 2 rings (SSSR count). The largest absolute Gasteiger partial charge is 0.364 e. The quantitative estimate of drug-likeness (QED) is 0.715. The zero-order valence-corrected chi connectivity index (χ0v) is 11.0. The highest BCUT2D eigenvalue weighted by atomic mass is 16.5. The minimum absolute atomic E-state index is 0.216. The SMILES string of the molecule is C[C@@H]1C[NH+](CC(=O)NC2CCCC2)C[C@@H](C)O1. The molecule has 1 saturated heterocycles. The van der Waals surface area contributed by atoms with Gasteiger partial charge in [-0.2, -0.15) is 0 Å². The molecule has 1 aliphatic carbocycles. The molecule has 4 nitrogen and oxygen atoms in total. The predicted molar refractivity (Wildman–Crippen MR) is 66.0 cm³/mol. The van der Waals surface area contributed by atoms with Crippen molar-refractivity contribution in [2.75, 3.05) is 19.6 Å². The lowest BCUT2D eigenvalue weighted by Crippen LogP contribution is -3.16. The Balaban J connectivity index is 1.73. The van der Waals surface area contributed by atoms with Crippen molar-refractivity contribution in [3.63, 3.8) is 0 Å². The van der Waals surface area contributed by atoms with Crippen molar-refractivity contribution in [2.45, 2.75) is 57.8 Å². The molecule has 2 aliphatic rings. The summed E-state index contributed by atoms with van der Waals surface area (Å²) in [5.41, 5.74) is 0. The number of carbonyl (C=O) groups excluding carboxylic acids is 1. The number of ether oxygens (including phenoxy) is 1. The maximum absolute atomic E-state index is 11.9. The molecule has 1 saturated carbocycles. The van der Waals surface area contributed by atoms with Gasteiger partial charge in [0.15, 0.2) is 6.54 Å². The lowest BCUT2D eigenvalue weighted by molar-refractivity contribution is -0.907. The zero-order chi connectivity index (χ0) is 12.3. The Bertz CT molecular complexity index is 254. The monoisotopic (exact) mass is 241 g/mol. The van der Waals surface area contributed by atoms with E-state index in [2.05, 4.69) is 19.2 Å². The summed E-state index contributed by atoms with van der Waals surface area (Å²) >= 11 is 0. The average Bonchev–Trinajstić information content (AvgIpc) is 2.67. The van der Waals surface area contributed by atoms with Gasteiger partial charge in [0, 0.05) is 6.04 Å². The number of nitrogens with one attached hydrogen (secondary N) is 2. The average molecular weight is 241 g/mol. The summed E-state index contributed by atoms with van der Waals surface area (Å²) < 4.78 is 5.68. The molecule has 0 radical (unpaired) electrons. The van der Waals surface area contributed by atoms with Gasteiger partial charge in [-0.15, -0.1) is 0 Å². The van der Waals surface area contributed by atoms with E-state index < -0.39 is 0 Å². The van der Waals surface area contributed by atoms with E-state index in [0.717, 1.165) is 25.9 Å². The highest BCUT2D eigenvalue weighted by Crippen LogP contribution is 2.17. The van der Waals surface area contributed by atoms with E-state index in [1.54, 1.807) is 0 Å². The number of hydrogen-bond donors (Lipinski definition) is 2. The third kappa shape index (κ3) is 3.96. The maximum Gasteiger partial charge on any atom is 0.275 e. The molecule has 98 valence electrons. The van der Waals surface area contributed by atoms with Gasteiger partial charge in [-0.25, -0.2) is 0 Å². The van der Waals surface area contributed by atoms with Gasteiger partial charge < -0.3 is 15.0 Å². The molecule has 1 amide bonds. The summed E-state index contributed by atoms with van der Waals surface area (Å²) in [6, 6.07) is 0.442. The Morgan fingerprint density at radius 2 is 1.82 bits per heavy atom.